The SMILES string of the molecule is Fc1cccc(Nc2nc(Br)nc3c2ncn3C2CCCCO2)c1F. The molecule has 25 heavy (non-hydrogen) atoms. The fraction of sp³-hybridized carbons (Fsp3) is 0.312. The molecule has 1 atom stereocenters. The number of ether oxygens (including phenoxy) is 1. The van der Waals surface area contributed by atoms with Crippen LogP contribution in [0.25, 0.3) is 11.2 Å². The van der Waals surface area contributed by atoms with Crippen LogP contribution in [0.5, 0.6) is 0 Å². The van der Waals surface area contributed by atoms with Gasteiger partial charge in [0.25, 0.3) is 0 Å². The maximum atomic E-state index is 13.9. The Bertz CT molecular complexity index is 926. The fourth-order valence-corrected chi connectivity index (χ4v) is 3.20. The molecule has 0 radical (unpaired) electrons. The second-order valence-electron chi connectivity index (χ2n) is 5.71. The molecule has 0 bridgehead atoms. The maximum absolute atomic E-state index is 13.9. The third kappa shape index (κ3) is 3.09. The summed E-state index contributed by atoms with van der Waals surface area (Å²) in [5, 5.41) is 2.80. The molecule has 3 aromatic rings. The molecule has 9 heteroatoms. The van der Waals surface area contributed by atoms with Crippen molar-refractivity contribution in [1.29, 1.82) is 0 Å². The van der Waals surface area contributed by atoms with E-state index in [-0.39, 0.29) is 17.7 Å². The van der Waals surface area contributed by atoms with E-state index in [9.17, 15) is 8.78 Å². The number of imidazole rings is 1. The molecule has 1 N–H and O–H groups in total. The van der Waals surface area contributed by atoms with E-state index < -0.39 is 11.6 Å². The summed E-state index contributed by atoms with van der Waals surface area (Å²) in [6, 6.07) is 3.91. The quantitative estimate of drug-likeness (QED) is 0.652. The van der Waals surface area contributed by atoms with Crippen LogP contribution in [0.4, 0.5) is 20.3 Å². The fourth-order valence-electron chi connectivity index (χ4n) is 2.86. The summed E-state index contributed by atoms with van der Waals surface area (Å²) in [6.45, 7) is 0.691. The average molecular weight is 410 g/mol. The first-order valence-electron chi connectivity index (χ1n) is 7.86. The van der Waals surface area contributed by atoms with Gasteiger partial charge in [0.1, 0.15) is 6.23 Å². The van der Waals surface area contributed by atoms with Crippen LogP contribution in [0.1, 0.15) is 25.5 Å². The van der Waals surface area contributed by atoms with Crippen LogP contribution in [0.3, 0.4) is 0 Å². The van der Waals surface area contributed by atoms with Crippen molar-refractivity contribution in [1.82, 2.24) is 19.5 Å². The van der Waals surface area contributed by atoms with Crippen molar-refractivity contribution in [2.75, 3.05) is 11.9 Å². The van der Waals surface area contributed by atoms with Gasteiger partial charge in [0.15, 0.2) is 28.6 Å². The molecule has 6 nitrogen and oxygen atoms in total. The summed E-state index contributed by atoms with van der Waals surface area (Å²) in [4.78, 5) is 12.9. The van der Waals surface area contributed by atoms with Gasteiger partial charge in [-0.15, -0.1) is 0 Å². The number of aromatic nitrogens is 4. The molecular weight excluding hydrogens is 396 g/mol. The number of halogens is 3. The molecule has 0 amide bonds. The number of hydrogen-bond acceptors (Lipinski definition) is 5. The van der Waals surface area contributed by atoms with Crippen LogP contribution in [0.15, 0.2) is 29.3 Å². The minimum absolute atomic E-state index is 0.0182. The number of nitrogens with one attached hydrogen (secondary N) is 1. The van der Waals surface area contributed by atoms with Gasteiger partial charge in [0.05, 0.1) is 12.0 Å². The first kappa shape index (κ1) is 16.3. The van der Waals surface area contributed by atoms with Gasteiger partial charge >= 0.3 is 0 Å². The maximum Gasteiger partial charge on any atom is 0.200 e. The predicted octanol–water partition coefficient (Wildman–Crippen LogP) is 4.31. The van der Waals surface area contributed by atoms with Crippen LogP contribution in [-0.2, 0) is 4.74 Å². The molecule has 1 aliphatic rings. The highest BCUT2D eigenvalue weighted by atomic mass is 79.9. The van der Waals surface area contributed by atoms with Crippen LogP contribution < -0.4 is 5.32 Å². The Morgan fingerprint density at radius 2 is 2.12 bits per heavy atom. The van der Waals surface area contributed by atoms with Crippen LogP contribution >= 0.6 is 15.9 Å². The zero-order valence-electron chi connectivity index (χ0n) is 13.0. The molecule has 1 aromatic carbocycles. The number of fused-ring (bicyclic) bond motifs is 1. The summed E-state index contributed by atoms with van der Waals surface area (Å²) >= 11 is 3.26. The third-order valence-electron chi connectivity index (χ3n) is 4.06. The lowest BCUT2D eigenvalue weighted by molar-refractivity contribution is -0.0298. The van der Waals surface area contributed by atoms with E-state index in [1.54, 1.807) is 6.33 Å². The largest absolute Gasteiger partial charge is 0.358 e. The molecule has 130 valence electrons. The van der Waals surface area contributed by atoms with E-state index in [0.717, 1.165) is 25.3 Å². The van der Waals surface area contributed by atoms with Crippen LogP contribution in [0.2, 0.25) is 0 Å². The summed E-state index contributed by atoms with van der Waals surface area (Å²) in [7, 11) is 0. The highest BCUT2D eigenvalue weighted by Crippen LogP contribution is 2.30. The molecule has 1 aliphatic heterocycles. The Morgan fingerprint density at radius 1 is 1.24 bits per heavy atom. The number of nitrogens with zero attached hydrogens (tertiary/aromatic N) is 4. The number of rotatable bonds is 3. The van der Waals surface area contributed by atoms with Gasteiger partial charge in [-0.25, -0.2) is 23.7 Å². The van der Waals surface area contributed by atoms with Gasteiger partial charge < -0.3 is 10.1 Å². The molecule has 2 aromatic heterocycles. The van der Waals surface area contributed by atoms with Crippen molar-refractivity contribution < 1.29 is 13.5 Å². The second kappa shape index (κ2) is 6.64. The van der Waals surface area contributed by atoms with E-state index in [1.165, 1.54) is 12.1 Å². The smallest absolute Gasteiger partial charge is 0.200 e. The first-order valence-corrected chi connectivity index (χ1v) is 8.65. The Hall–Kier alpha value is -2.13. The zero-order valence-corrected chi connectivity index (χ0v) is 14.6. The van der Waals surface area contributed by atoms with Gasteiger partial charge in [-0.05, 0) is 47.3 Å². The van der Waals surface area contributed by atoms with Gasteiger partial charge in [0, 0.05) is 6.61 Å². The van der Waals surface area contributed by atoms with Crippen LogP contribution in [-0.4, -0.2) is 26.1 Å². The summed E-state index contributed by atoms with van der Waals surface area (Å²) in [6.07, 6.45) is 4.46. The van der Waals surface area contributed by atoms with Gasteiger partial charge in [-0.1, -0.05) is 6.07 Å². The molecule has 1 unspecified atom stereocenters. The highest BCUT2D eigenvalue weighted by Gasteiger charge is 2.21. The minimum Gasteiger partial charge on any atom is -0.358 e. The standard InChI is InChI=1S/C16H14BrF2N5O/c17-16-22-14(21-10-5-3-4-9(18)12(10)19)13-15(23-16)24(8-20-13)11-6-1-2-7-25-11/h3-5,8,11H,1-2,6-7H2,(H,21,22,23). The van der Waals surface area contributed by atoms with E-state index in [0.29, 0.717) is 22.5 Å². The van der Waals surface area contributed by atoms with Crippen LogP contribution in [0, 0.1) is 11.6 Å². The van der Waals surface area contributed by atoms with E-state index in [4.69, 9.17) is 4.74 Å². The van der Waals surface area contributed by atoms with E-state index in [1.807, 2.05) is 4.57 Å². The molecule has 1 fully saturated rings. The summed E-state index contributed by atoms with van der Waals surface area (Å²) in [5.41, 5.74) is 1.00. The summed E-state index contributed by atoms with van der Waals surface area (Å²) in [5.74, 6) is -1.62. The normalized spacial score (nSPS) is 17.8. The van der Waals surface area contributed by atoms with Crippen molar-refractivity contribution in [3.63, 3.8) is 0 Å². The second-order valence-corrected chi connectivity index (χ2v) is 6.42. The highest BCUT2D eigenvalue weighted by molar-refractivity contribution is 9.10. The Kier molecular flexibility index (Phi) is 4.34. The van der Waals surface area contributed by atoms with Gasteiger partial charge in [0.2, 0.25) is 4.73 Å². The lowest BCUT2D eigenvalue weighted by Gasteiger charge is -2.23. The number of hydrogen-bond donors (Lipinski definition) is 1. The topological polar surface area (TPSA) is 64.9 Å². The lowest BCUT2D eigenvalue weighted by Crippen LogP contribution is -2.17. The molecule has 3 heterocycles. The van der Waals surface area contributed by atoms with E-state index in [2.05, 4.69) is 36.2 Å². The number of anilines is 2. The molecule has 4 rings (SSSR count). The Morgan fingerprint density at radius 3 is 2.92 bits per heavy atom. The van der Waals surface area contributed by atoms with Crippen molar-refractivity contribution in [2.24, 2.45) is 0 Å². The first-order chi connectivity index (χ1) is 12.1. The summed E-state index contributed by atoms with van der Waals surface area (Å²) < 4.78 is 35.3. The molecule has 0 saturated carbocycles. The van der Waals surface area contributed by atoms with Gasteiger partial charge in [-0.3, -0.25) is 4.57 Å². The minimum atomic E-state index is -0.972. The molecule has 0 aliphatic carbocycles. The monoisotopic (exact) mass is 409 g/mol. The van der Waals surface area contributed by atoms with Crippen molar-refractivity contribution in [2.45, 2.75) is 25.5 Å². The molecular formula is C16H14BrF2N5O. The third-order valence-corrected chi connectivity index (χ3v) is 4.42. The van der Waals surface area contributed by atoms with Crippen molar-refractivity contribution in [3.05, 3.63) is 40.9 Å². The Labute approximate surface area is 150 Å². The van der Waals surface area contributed by atoms with Crippen molar-refractivity contribution in [3.8, 4) is 0 Å². The predicted molar refractivity (Wildman–Crippen MR) is 91.5 cm³/mol. The molecule has 0 spiro atoms. The van der Waals surface area contributed by atoms with Gasteiger partial charge in [-0.2, -0.15) is 0 Å². The number of benzene rings is 1. The lowest BCUT2D eigenvalue weighted by atomic mass is 10.2. The van der Waals surface area contributed by atoms with Crippen molar-refractivity contribution >= 4 is 38.6 Å². The Balaban J connectivity index is 1.77. The molecule has 1 saturated heterocycles. The average Bonchev–Trinajstić information content (AvgIpc) is 3.03. The zero-order chi connectivity index (χ0) is 17.4. The van der Waals surface area contributed by atoms with E-state index >= 15 is 0 Å².